The van der Waals surface area contributed by atoms with E-state index in [1.807, 2.05) is 6.92 Å². The Morgan fingerprint density at radius 1 is 1.17 bits per heavy atom. The number of likely N-dealkylation sites (tertiary alicyclic amines) is 2. The maximum Gasteiger partial charge on any atom is 0.490 e. The molecule has 0 aliphatic carbocycles. The zero-order chi connectivity index (χ0) is 22.9. The molecule has 0 spiro atoms. The first kappa shape index (κ1) is 26.0. The third kappa shape index (κ3) is 8.34. The van der Waals surface area contributed by atoms with E-state index < -0.39 is 24.0 Å². The Kier molecular flexibility index (Phi) is 10.3. The highest BCUT2D eigenvalue weighted by atomic mass is 19.4. The van der Waals surface area contributed by atoms with Gasteiger partial charge in [0.05, 0.1) is 12.5 Å². The van der Waals surface area contributed by atoms with Gasteiger partial charge in [-0.3, -0.25) is 9.69 Å². The molecule has 12 heteroatoms. The summed E-state index contributed by atoms with van der Waals surface area (Å²) in [5.74, 6) is -3.90. The molecule has 2 amide bonds. The minimum absolute atomic E-state index is 0.121. The summed E-state index contributed by atoms with van der Waals surface area (Å²) in [7, 11) is 1.70. The molecule has 0 saturated carbocycles. The summed E-state index contributed by atoms with van der Waals surface area (Å²) in [6, 6.07) is 0.217. The van der Waals surface area contributed by atoms with E-state index in [9.17, 15) is 27.9 Å². The lowest BCUT2D eigenvalue weighted by Crippen LogP contribution is -2.51. The number of piperidine rings is 1. The van der Waals surface area contributed by atoms with Crippen molar-refractivity contribution in [3.05, 3.63) is 0 Å². The van der Waals surface area contributed by atoms with Gasteiger partial charge in [0.2, 0.25) is 0 Å². The predicted molar refractivity (Wildman–Crippen MR) is 100 cm³/mol. The van der Waals surface area contributed by atoms with Crippen LogP contribution in [0.1, 0.15) is 26.2 Å². The van der Waals surface area contributed by atoms with Crippen LogP contribution in [-0.4, -0.2) is 96.6 Å². The molecule has 2 aliphatic rings. The fourth-order valence-corrected chi connectivity index (χ4v) is 3.52. The molecule has 2 rings (SSSR count). The number of methoxy groups -OCH3 is 1. The van der Waals surface area contributed by atoms with Crippen molar-refractivity contribution >= 4 is 18.0 Å². The second-order valence-electron chi connectivity index (χ2n) is 7.47. The van der Waals surface area contributed by atoms with Crippen LogP contribution < -0.4 is 5.32 Å². The van der Waals surface area contributed by atoms with Crippen LogP contribution >= 0.6 is 0 Å². The Morgan fingerprint density at radius 3 is 2.33 bits per heavy atom. The quantitative estimate of drug-likeness (QED) is 0.571. The number of nitrogens with zero attached hydrogens (tertiary/aromatic N) is 2. The van der Waals surface area contributed by atoms with E-state index in [4.69, 9.17) is 14.6 Å². The Balaban J connectivity index is 0.000000553. The number of carbonyl (C=O) groups excluding carboxylic acids is 1. The molecule has 0 bridgehead atoms. The van der Waals surface area contributed by atoms with E-state index in [2.05, 4.69) is 10.2 Å². The lowest BCUT2D eigenvalue weighted by atomic mass is 9.87. The molecule has 0 aromatic carbocycles. The van der Waals surface area contributed by atoms with E-state index in [-0.39, 0.29) is 11.9 Å². The molecule has 0 radical (unpaired) electrons. The average Bonchev–Trinajstić information content (AvgIpc) is 3.11. The van der Waals surface area contributed by atoms with Gasteiger partial charge in [-0.05, 0) is 31.7 Å². The monoisotopic (exact) mass is 441 g/mol. The molecule has 0 aromatic heterocycles. The predicted octanol–water partition coefficient (Wildman–Crippen LogP) is 1.48. The lowest BCUT2D eigenvalue weighted by Gasteiger charge is -2.35. The molecule has 2 heterocycles. The summed E-state index contributed by atoms with van der Waals surface area (Å²) in [4.78, 5) is 36.5. The van der Waals surface area contributed by atoms with Crippen LogP contribution in [0.3, 0.4) is 0 Å². The summed E-state index contributed by atoms with van der Waals surface area (Å²) < 4.78 is 36.9. The fourth-order valence-electron chi connectivity index (χ4n) is 3.52. The van der Waals surface area contributed by atoms with Crippen molar-refractivity contribution in [2.45, 2.75) is 38.4 Å². The number of amides is 2. The molecular weight excluding hydrogens is 411 g/mol. The van der Waals surface area contributed by atoms with Gasteiger partial charge < -0.3 is 25.2 Å². The summed E-state index contributed by atoms with van der Waals surface area (Å²) in [6.45, 7) is 6.14. The molecule has 9 nitrogen and oxygen atoms in total. The molecule has 0 aromatic rings. The molecular formula is C18H30F3N3O6. The zero-order valence-electron chi connectivity index (χ0n) is 17.2. The topological polar surface area (TPSA) is 119 Å². The van der Waals surface area contributed by atoms with E-state index in [1.54, 1.807) is 12.0 Å². The maximum atomic E-state index is 12.3. The first-order chi connectivity index (χ1) is 14.0. The minimum Gasteiger partial charge on any atom is -0.481 e. The van der Waals surface area contributed by atoms with E-state index in [1.165, 1.54) is 0 Å². The van der Waals surface area contributed by atoms with Crippen LogP contribution in [0.25, 0.3) is 0 Å². The van der Waals surface area contributed by atoms with Crippen LogP contribution in [0.5, 0.6) is 0 Å². The molecule has 2 aliphatic heterocycles. The number of urea groups is 1. The number of hydrogen-bond donors (Lipinski definition) is 3. The number of carbonyl (C=O) groups is 3. The summed E-state index contributed by atoms with van der Waals surface area (Å²) in [5.41, 5.74) is 0. The summed E-state index contributed by atoms with van der Waals surface area (Å²) >= 11 is 0. The normalized spacial score (nSPS) is 24.7. The van der Waals surface area contributed by atoms with Gasteiger partial charge in [0.25, 0.3) is 0 Å². The van der Waals surface area contributed by atoms with Crippen molar-refractivity contribution in [1.82, 2.24) is 15.1 Å². The van der Waals surface area contributed by atoms with Crippen LogP contribution in [-0.2, 0) is 14.3 Å². The number of ether oxygens (including phenoxy) is 1. The Morgan fingerprint density at radius 2 is 1.80 bits per heavy atom. The van der Waals surface area contributed by atoms with E-state index in [0.717, 1.165) is 32.4 Å². The number of hydrogen-bond acceptors (Lipinski definition) is 5. The highest BCUT2D eigenvalue weighted by Crippen LogP contribution is 2.23. The molecule has 3 atom stereocenters. The molecule has 30 heavy (non-hydrogen) atoms. The number of alkyl halides is 3. The van der Waals surface area contributed by atoms with Gasteiger partial charge in [-0.2, -0.15) is 13.2 Å². The minimum atomic E-state index is -5.08. The van der Waals surface area contributed by atoms with Crippen LogP contribution in [0, 0.1) is 11.8 Å². The van der Waals surface area contributed by atoms with Gasteiger partial charge >= 0.3 is 24.1 Å². The van der Waals surface area contributed by atoms with Gasteiger partial charge in [0, 0.05) is 39.3 Å². The highest BCUT2D eigenvalue weighted by Gasteiger charge is 2.38. The Hall–Kier alpha value is -2.08. The summed E-state index contributed by atoms with van der Waals surface area (Å²) in [6.07, 6.45) is -2.11. The van der Waals surface area contributed by atoms with E-state index >= 15 is 0 Å². The van der Waals surface area contributed by atoms with Crippen molar-refractivity contribution in [1.29, 1.82) is 0 Å². The van der Waals surface area contributed by atoms with Crippen LogP contribution in [0.2, 0.25) is 0 Å². The van der Waals surface area contributed by atoms with Gasteiger partial charge in [-0.25, -0.2) is 9.59 Å². The number of rotatable bonds is 6. The number of carboxylic acid groups (broad SMARTS) is 2. The molecule has 3 N–H and O–H groups in total. The molecule has 2 saturated heterocycles. The summed E-state index contributed by atoms with van der Waals surface area (Å²) in [5, 5.41) is 19.4. The third-order valence-corrected chi connectivity index (χ3v) is 5.38. The second kappa shape index (κ2) is 11.9. The van der Waals surface area contributed by atoms with Crippen molar-refractivity contribution in [2.24, 2.45) is 11.8 Å². The van der Waals surface area contributed by atoms with Crippen molar-refractivity contribution in [3.63, 3.8) is 0 Å². The second-order valence-corrected chi connectivity index (χ2v) is 7.47. The largest absolute Gasteiger partial charge is 0.490 e. The van der Waals surface area contributed by atoms with Crippen LogP contribution in [0.4, 0.5) is 18.0 Å². The van der Waals surface area contributed by atoms with Crippen molar-refractivity contribution in [3.8, 4) is 0 Å². The van der Waals surface area contributed by atoms with Gasteiger partial charge in [0.15, 0.2) is 0 Å². The maximum absolute atomic E-state index is 12.3. The number of aliphatic carboxylic acids is 2. The fraction of sp³-hybridized carbons (Fsp3) is 0.833. The Bertz CT molecular complexity index is 590. The van der Waals surface area contributed by atoms with E-state index in [0.29, 0.717) is 32.3 Å². The first-order valence-corrected chi connectivity index (χ1v) is 9.76. The van der Waals surface area contributed by atoms with Crippen molar-refractivity contribution < 1.29 is 42.5 Å². The molecule has 3 unspecified atom stereocenters. The van der Waals surface area contributed by atoms with Gasteiger partial charge in [-0.15, -0.1) is 0 Å². The van der Waals surface area contributed by atoms with Gasteiger partial charge in [-0.1, -0.05) is 6.92 Å². The standard InChI is InChI=1S/C16H29N3O4.C2HF3O2/c1-12-5-7-19(11-14(12)15(20)21)16(22)17-10-13-4-3-6-18(13)8-9-23-2;3-2(4,5)1(6)7/h12-14H,3-11H2,1-2H3,(H,17,22)(H,20,21);(H,6,7). The SMILES string of the molecule is COCCN1CCCC1CNC(=O)N1CCC(C)C(C(=O)O)C1.O=C(O)C(F)(F)F. The number of halogens is 3. The average molecular weight is 441 g/mol. The van der Waals surface area contributed by atoms with Crippen molar-refractivity contribution in [2.75, 3.05) is 46.4 Å². The zero-order valence-corrected chi connectivity index (χ0v) is 17.2. The van der Waals surface area contributed by atoms with Gasteiger partial charge in [0.1, 0.15) is 0 Å². The lowest BCUT2D eigenvalue weighted by molar-refractivity contribution is -0.192. The molecule has 2 fully saturated rings. The Labute approximate surface area is 173 Å². The highest BCUT2D eigenvalue weighted by molar-refractivity contribution is 5.76. The smallest absolute Gasteiger partial charge is 0.481 e. The third-order valence-electron chi connectivity index (χ3n) is 5.38. The van der Waals surface area contributed by atoms with Crippen LogP contribution in [0.15, 0.2) is 0 Å². The molecule has 174 valence electrons. The first-order valence-electron chi connectivity index (χ1n) is 9.76. The number of nitrogens with one attached hydrogen (secondary N) is 1. The number of carboxylic acids is 2.